The minimum absolute atomic E-state index is 0.168. The lowest BCUT2D eigenvalue weighted by atomic mass is 10.1. The van der Waals surface area contributed by atoms with Crippen LogP contribution in [0.2, 0.25) is 0 Å². The molecule has 0 saturated carbocycles. The quantitative estimate of drug-likeness (QED) is 0.626. The number of aromatic nitrogens is 1. The molecule has 1 aromatic carbocycles. The maximum Gasteiger partial charge on any atom is 0.357 e. The number of Topliss-reactive ketones (excluding diaryl/α,β-unsaturated/α-hetero) is 1. The molecule has 1 aromatic heterocycles. The van der Waals surface area contributed by atoms with Crippen molar-refractivity contribution >= 4 is 27.7 Å². The second kappa shape index (κ2) is 6.63. The van der Waals surface area contributed by atoms with E-state index in [0.29, 0.717) is 5.56 Å². The third-order valence-electron chi connectivity index (χ3n) is 2.93. The summed E-state index contributed by atoms with van der Waals surface area (Å²) in [6.45, 7) is 3.50. The summed E-state index contributed by atoms with van der Waals surface area (Å²) in [4.78, 5) is 28.0. The van der Waals surface area contributed by atoms with E-state index in [0.717, 1.165) is 10.0 Å². The summed E-state index contributed by atoms with van der Waals surface area (Å²) >= 11 is 3.24. The normalized spacial score (nSPS) is 11.8. The van der Waals surface area contributed by atoms with E-state index >= 15 is 0 Å². The lowest BCUT2D eigenvalue weighted by Crippen LogP contribution is -2.24. The Morgan fingerprint density at radius 2 is 1.81 bits per heavy atom. The molecule has 0 aliphatic heterocycles. The summed E-state index contributed by atoms with van der Waals surface area (Å²) in [5.41, 5.74) is 1.75. The number of hydrogen-bond donors (Lipinski definition) is 0. The van der Waals surface area contributed by atoms with Gasteiger partial charge in [-0.05, 0) is 41.9 Å². The van der Waals surface area contributed by atoms with Crippen LogP contribution in [-0.2, 0) is 4.74 Å². The molecule has 0 radical (unpaired) electrons. The predicted molar refractivity (Wildman–Crippen MR) is 82.3 cm³/mol. The molecule has 0 N–H and O–H groups in total. The molecule has 0 aliphatic carbocycles. The van der Waals surface area contributed by atoms with Crippen molar-refractivity contribution in [3.8, 4) is 0 Å². The molecule has 0 spiro atoms. The molecule has 0 saturated heterocycles. The van der Waals surface area contributed by atoms with Gasteiger partial charge in [0, 0.05) is 16.2 Å². The van der Waals surface area contributed by atoms with E-state index in [1.807, 2.05) is 19.1 Å². The van der Waals surface area contributed by atoms with Crippen LogP contribution in [0.25, 0.3) is 0 Å². The fourth-order valence-electron chi connectivity index (χ4n) is 1.72. The van der Waals surface area contributed by atoms with Gasteiger partial charge in [0.05, 0.1) is 0 Å². The molecule has 5 heteroatoms. The molecule has 0 amide bonds. The van der Waals surface area contributed by atoms with Gasteiger partial charge in [-0.25, -0.2) is 9.78 Å². The Morgan fingerprint density at radius 3 is 2.38 bits per heavy atom. The van der Waals surface area contributed by atoms with Crippen molar-refractivity contribution in [2.24, 2.45) is 0 Å². The van der Waals surface area contributed by atoms with E-state index in [2.05, 4.69) is 20.9 Å². The van der Waals surface area contributed by atoms with Crippen molar-refractivity contribution in [3.05, 3.63) is 63.9 Å². The fourth-order valence-corrected chi connectivity index (χ4v) is 1.96. The third-order valence-corrected chi connectivity index (χ3v) is 3.39. The smallest absolute Gasteiger partial charge is 0.357 e. The van der Waals surface area contributed by atoms with Crippen LogP contribution in [0.5, 0.6) is 0 Å². The standard InChI is InChI=1S/C16H14BrNO3/c1-10-3-5-12(6-4-10)15(19)11(2)21-16(20)14-8-7-13(17)9-18-14/h3-9,11H,1-2H3/t11-/m0/s1. The number of hydrogen-bond acceptors (Lipinski definition) is 4. The third kappa shape index (κ3) is 3.98. The zero-order chi connectivity index (χ0) is 15.4. The van der Waals surface area contributed by atoms with Crippen molar-refractivity contribution in [1.29, 1.82) is 0 Å². The van der Waals surface area contributed by atoms with Crippen LogP contribution in [0, 0.1) is 6.92 Å². The number of aryl methyl sites for hydroxylation is 1. The second-order valence-corrected chi connectivity index (χ2v) is 5.56. The average Bonchev–Trinajstić information content (AvgIpc) is 2.47. The van der Waals surface area contributed by atoms with Gasteiger partial charge in [-0.1, -0.05) is 29.8 Å². The minimum atomic E-state index is -0.856. The Balaban J connectivity index is 2.05. The monoisotopic (exact) mass is 347 g/mol. The molecule has 0 bridgehead atoms. The first-order valence-corrected chi connectivity index (χ1v) is 7.20. The minimum Gasteiger partial charge on any atom is -0.450 e. The molecule has 1 atom stereocenters. The highest BCUT2D eigenvalue weighted by atomic mass is 79.9. The van der Waals surface area contributed by atoms with Gasteiger partial charge in [-0.3, -0.25) is 4.79 Å². The van der Waals surface area contributed by atoms with E-state index in [1.54, 1.807) is 25.1 Å². The molecule has 108 valence electrons. The van der Waals surface area contributed by atoms with E-state index in [-0.39, 0.29) is 11.5 Å². The van der Waals surface area contributed by atoms with Gasteiger partial charge in [0.25, 0.3) is 0 Å². The number of esters is 1. The van der Waals surface area contributed by atoms with E-state index in [9.17, 15) is 9.59 Å². The highest BCUT2D eigenvalue weighted by Gasteiger charge is 2.20. The van der Waals surface area contributed by atoms with E-state index < -0.39 is 12.1 Å². The van der Waals surface area contributed by atoms with Crippen LogP contribution < -0.4 is 0 Å². The van der Waals surface area contributed by atoms with Gasteiger partial charge in [0.1, 0.15) is 5.69 Å². The SMILES string of the molecule is Cc1ccc(C(=O)[C@H](C)OC(=O)c2ccc(Br)cn2)cc1. The first-order chi connectivity index (χ1) is 9.97. The number of benzene rings is 1. The van der Waals surface area contributed by atoms with Crippen molar-refractivity contribution in [1.82, 2.24) is 4.98 Å². The molecule has 1 heterocycles. The summed E-state index contributed by atoms with van der Waals surface area (Å²) in [6, 6.07) is 10.4. The first-order valence-electron chi connectivity index (χ1n) is 6.41. The maximum atomic E-state index is 12.2. The average molecular weight is 348 g/mol. The number of nitrogens with zero attached hydrogens (tertiary/aromatic N) is 1. The highest BCUT2D eigenvalue weighted by Crippen LogP contribution is 2.12. The van der Waals surface area contributed by atoms with Crippen LogP contribution in [-0.4, -0.2) is 22.8 Å². The molecular formula is C16H14BrNO3. The summed E-state index contributed by atoms with van der Waals surface area (Å²) < 4.78 is 5.92. The zero-order valence-electron chi connectivity index (χ0n) is 11.7. The number of carbonyl (C=O) groups is 2. The number of halogens is 1. The Kier molecular flexibility index (Phi) is 4.85. The van der Waals surface area contributed by atoms with Crippen molar-refractivity contribution < 1.29 is 14.3 Å². The predicted octanol–water partition coefficient (Wildman–Crippen LogP) is 3.58. The molecule has 4 nitrogen and oxygen atoms in total. The molecule has 2 rings (SSSR count). The van der Waals surface area contributed by atoms with Gasteiger partial charge >= 0.3 is 5.97 Å². The highest BCUT2D eigenvalue weighted by molar-refractivity contribution is 9.10. The molecule has 0 unspecified atom stereocenters. The van der Waals surface area contributed by atoms with Gasteiger partial charge in [0.15, 0.2) is 6.10 Å². The van der Waals surface area contributed by atoms with E-state index in [1.165, 1.54) is 12.3 Å². The van der Waals surface area contributed by atoms with Gasteiger partial charge < -0.3 is 4.74 Å². The molecular weight excluding hydrogens is 334 g/mol. The van der Waals surface area contributed by atoms with Crippen LogP contribution in [0.4, 0.5) is 0 Å². The fraction of sp³-hybridized carbons (Fsp3) is 0.188. The van der Waals surface area contributed by atoms with Crippen LogP contribution in [0.15, 0.2) is 47.1 Å². The number of ether oxygens (including phenoxy) is 1. The lowest BCUT2D eigenvalue weighted by molar-refractivity contribution is 0.0313. The number of rotatable bonds is 4. The van der Waals surface area contributed by atoms with Crippen molar-refractivity contribution in [3.63, 3.8) is 0 Å². The summed E-state index contributed by atoms with van der Waals surface area (Å²) in [6.07, 6.45) is 0.647. The molecule has 2 aromatic rings. The van der Waals surface area contributed by atoms with Crippen LogP contribution in [0.1, 0.15) is 33.3 Å². The maximum absolute atomic E-state index is 12.2. The molecule has 0 fully saturated rings. The van der Waals surface area contributed by atoms with Gasteiger partial charge in [-0.2, -0.15) is 0 Å². The number of pyridine rings is 1. The van der Waals surface area contributed by atoms with Crippen molar-refractivity contribution in [2.45, 2.75) is 20.0 Å². The second-order valence-electron chi connectivity index (χ2n) is 4.64. The summed E-state index contributed by atoms with van der Waals surface area (Å²) in [5, 5.41) is 0. The van der Waals surface area contributed by atoms with Crippen LogP contribution >= 0.6 is 15.9 Å². The summed E-state index contributed by atoms with van der Waals surface area (Å²) in [5.74, 6) is -0.851. The molecule has 21 heavy (non-hydrogen) atoms. The van der Waals surface area contributed by atoms with Crippen LogP contribution in [0.3, 0.4) is 0 Å². The Hall–Kier alpha value is -2.01. The Bertz CT molecular complexity index is 650. The lowest BCUT2D eigenvalue weighted by Gasteiger charge is -2.12. The Labute approximate surface area is 131 Å². The number of carbonyl (C=O) groups excluding carboxylic acids is 2. The number of ketones is 1. The largest absolute Gasteiger partial charge is 0.450 e. The van der Waals surface area contributed by atoms with Gasteiger partial charge in [-0.15, -0.1) is 0 Å². The first kappa shape index (κ1) is 15.4. The Morgan fingerprint density at radius 1 is 1.14 bits per heavy atom. The van der Waals surface area contributed by atoms with Crippen molar-refractivity contribution in [2.75, 3.05) is 0 Å². The van der Waals surface area contributed by atoms with Gasteiger partial charge in [0.2, 0.25) is 5.78 Å². The zero-order valence-corrected chi connectivity index (χ0v) is 13.3. The molecule has 0 aliphatic rings. The summed E-state index contributed by atoms with van der Waals surface area (Å²) in [7, 11) is 0. The topological polar surface area (TPSA) is 56.3 Å². The van der Waals surface area contributed by atoms with E-state index in [4.69, 9.17) is 4.74 Å².